The Balaban J connectivity index is 1.57. The van der Waals surface area contributed by atoms with Gasteiger partial charge in [0.05, 0.1) is 35.5 Å². The topological polar surface area (TPSA) is 98.0 Å². The number of fused-ring (bicyclic) bond motifs is 1. The molecule has 3 aromatic rings. The van der Waals surface area contributed by atoms with Crippen molar-refractivity contribution < 1.29 is 9.84 Å². The third-order valence-corrected chi connectivity index (χ3v) is 3.89. The van der Waals surface area contributed by atoms with Crippen LogP contribution in [0, 0.1) is 0 Å². The van der Waals surface area contributed by atoms with Crippen LogP contribution in [0.2, 0.25) is 0 Å². The normalized spacial score (nSPS) is 18.2. The number of piperidine rings is 1. The van der Waals surface area contributed by atoms with Crippen LogP contribution in [0.3, 0.4) is 0 Å². The molecule has 23 heavy (non-hydrogen) atoms. The fourth-order valence-corrected chi connectivity index (χ4v) is 2.73. The van der Waals surface area contributed by atoms with Gasteiger partial charge in [-0.05, 0) is 25.5 Å². The number of hydrogen-bond acceptors (Lipinski definition) is 7. The first-order chi connectivity index (χ1) is 11.3. The summed E-state index contributed by atoms with van der Waals surface area (Å²) in [7, 11) is 0. The number of aromatic nitrogens is 5. The SMILES string of the molecule is Oc1nc(Oc2cnn([C@H]3CCCNC3)c2)nc2cnccc12. The van der Waals surface area contributed by atoms with E-state index in [1.165, 1.54) is 0 Å². The van der Waals surface area contributed by atoms with E-state index in [-0.39, 0.29) is 11.9 Å². The maximum atomic E-state index is 9.95. The molecule has 4 heterocycles. The third-order valence-electron chi connectivity index (χ3n) is 3.89. The van der Waals surface area contributed by atoms with Gasteiger partial charge in [0.15, 0.2) is 5.75 Å². The monoisotopic (exact) mass is 312 g/mol. The van der Waals surface area contributed by atoms with Crippen molar-refractivity contribution in [2.75, 3.05) is 13.1 Å². The molecule has 1 fully saturated rings. The average molecular weight is 312 g/mol. The summed E-state index contributed by atoms with van der Waals surface area (Å²) in [4.78, 5) is 12.2. The fourth-order valence-electron chi connectivity index (χ4n) is 2.73. The summed E-state index contributed by atoms with van der Waals surface area (Å²) in [6.07, 6.45) is 8.81. The molecule has 8 heteroatoms. The highest BCUT2D eigenvalue weighted by Crippen LogP contribution is 2.26. The lowest BCUT2D eigenvalue weighted by molar-refractivity contribution is 0.345. The Kier molecular flexibility index (Phi) is 3.51. The first-order valence-corrected chi connectivity index (χ1v) is 7.53. The molecule has 1 atom stereocenters. The summed E-state index contributed by atoms with van der Waals surface area (Å²) in [5.74, 6) is 0.412. The van der Waals surface area contributed by atoms with Gasteiger partial charge >= 0.3 is 6.01 Å². The molecule has 118 valence electrons. The van der Waals surface area contributed by atoms with E-state index in [1.54, 1.807) is 24.7 Å². The molecule has 2 N–H and O–H groups in total. The zero-order valence-corrected chi connectivity index (χ0v) is 12.4. The van der Waals surface area contributed by atoms with Crippen LogP contribution in [-0.2, 0) is 0 Å². The first-order valence-electron chi connectivity index (χ1n) is 7.53. The Hall–Kier alpha value is -2.74. The molecule has 0 aromatic carbocycles. The molecule has 8 nitrogen and oxygen atoms in total. The van der Waals surface area contributed by atoms with Gasteiger partial charge in [-0.2, -0.15) is 15.1 Å². The lowest BCUT2D eigenvalue weighted by Crippen LogP contribution is -2.31. The van der Waals surface area contributed by atoms with E-state index in [2.05, 4.69) is 25.4 Å². The maximum Gasteiger partial charge on any atom is 0.326 e. The Morgan fingerprint density at radius 1 is 1.30 bits per heavy atom. The Morgan fingerprint density at radius 2 is 2.26 bits per heavy atom. The molecule has 1 aliphatic rings. The van der Waals surface area contributed by atoms with E-state index in [0.717, 1.165) is 25.9 Å². The summed E-state index contributed by atoms with van der Waals surface area (Å²) in [5.41, 5.74) is 0.527. The molecule has 0 spiro atoms. The van der Waals surface area contributed by atoms with E-state index in [0.29, 0.717) is 22.7 Å². The fraction of sp³-hybridized carbons (Fsp3) is 0.333. The summed E-state index contributed by atoms with van der Waals surface area (Å²) >= 11 is 0. The van der Waals surface area contributed by atoms with Gasteiger partial charge in [0.25, 0.3) is 0 Å². The average Bonchev–Trinajstić information content (AvgIpc) is 3.04. The number of aromatic hydroxyl groups is 1. The third kappa shape index (κ3) is 2.80. The molecule has 0 radical (unpaired) electrons. The van der Waals surface area contributed by atoms with Gasteiger partial charge in [-0.1, -0.05) is 0 Å². The minimum absolute atomic E-state index is 0.0734. The van der Waals surface area contributed by atoms with Crippen LogP contribution in [0.4, 0.5) is 0 Å². The Labute approximate surface area is 132 Å². The van der Waals surface area contributed by atoms with E-state index in [1.807, 2.05) is 10.9 Å². The van der Waals surface area contributed by atoms with Crippen LogP contribution in [0.15, 0.2) is 30.9 Å². The molecular weight excluding hydrogens is 296 g/mol. The first kappa shape index (κ1) is 13.9. The van der Waals surface area contributed by atoms with Crippen LogP contribution in [0.5, 0.6) is 17.6 Å². The number of ether oxygens (including phenoxy) is 1. The Bertz CT molecular complexity index is 828. The number of nitrogens with one attached hydrogen (secondary N) is 1. The van der Waals surface area contributed by atoms with Gasteiger partial charge < -0.3 is 15.2 Å². The van der Waals surface area contributed by atoms with Crippen LogP contribution in [-0.4, -0.2) is 42.9 Å². The second-order valence-corrected chi connectivity index (χ2v) is 5.48. The number of nitrogens with zero attached hydrogens (tertiary/aromatic N) is 5. The van der Waals surface area contributed by atoms with Crippen molar-refractivity contribution in [3.8, 4) is 17.6 Å². The zero-order valence-electron chi connectivity index (χ0n) is 12.4. The highest BCUT2D eigenvalue weighted by Gasteiger charge is 2.16. The quantitative estimate of drug-likeness (QED) is 0.758. The largest absolute Gasteiger partial charge is 0.493 e. The molecule has 1 saturated heterocycles. The summed E-state index contributed by atoms with van der Waals surface area (Å²) < 4.78 is 7.52. The van der Waals surface area contributed by atoms with Crippen molar-refractivity contribution in [3.63, 3.8) is 0 Å². The van der Waals surface area contributed by atoms with Gasteiger partial charge in [-0.3, -0.25) is 9.67 Å². The van der Waals surface area contributed by atoms with Crippen LogP contribution >= 0.6 is 0 Å². The van der Waals surface area contributed by atoms with Gasteiger partial charge in [-0.25, -0.2) is 0 Å². The van der Waals surface area contributed by atoms with Crippen molar-refractivity contribution in [3.05, 3.63) is 30.9 Å². The smallest absolute Gasteiger partial charge is 0.326 e. The molecule has 4 rings (SSSR count). The predicted molar refractivity (Wildman–Crippen MR) is 82.4 cm³/mol. The number of pyridine rings is 1. The summed E-state index contributed by atoms with van der Waals surface area (Å²) in [5, 5.41) is 18.2. The van der Waals surface area contributed by atoms with Crippen LogP contribution in [0.25, 0.3) is 10.9 Å². The number of hydrogen-bond donors (Lipinski definition) is 2. The summed E-state index contributed by atoms with van der Waals surface area (Å²) in [6.45, 7) is 1.96. The second kappa shape index (κ2) is 5.81. The van der Waals surface area contributed by atoms with Gasteiger partial charge in [0, 0.05) is 12.7 Å². The van der Waals surface area contributed by atoms with E-state index in [4.69, 9.17) is 4.74 Å². The summed E-state index contributed by atoms with van der Waals surface area (Å²) in [6, 6.07) is 2.06. The van der Waals surface area contributed by atoms with E-state index < -0.39 is 0 Å². The zero-order chi connectivity index (χ0) is 15.6. The molecule has 0 amide bonds. The molecular formula is C15H16N6O2. The Morgan fingerprint density at radius 3 is 3.13 bits per heavy atom. The second-order valence-electron chi connectivity index (χ2n) is 5.48. The molecule has 1 aliphatic heterocycles. The van der Waals surface area contributed by atoms with Crippen molar-refractivity contribution in [2.24, 2.45) is 0 Å². The molecule has 3 aromatic heterocycles. The lowest BCUT2D eigenvalue weighted by Gasteiger charge is -2.22. The maximum absolute atomic E-state index is 9.95. The highest BCUT2D eigenvalue weighted by molar-refractivity contribution is 5.82. The van der Waals surface area contributed by atoms with Crippen molar-refractivity contribution >= 4 is 10.9 Å². The highest BCUT2D eigenvalue weighted by atomic mass is 16.5. The standard InChI is InChI=1S/C15H16N6O2/c22-14-12-3-5-17-8-13(12)19-15(20-14)23-11-7-18-21(9-11)10-2-1-4-16-6-10/h3,5,7-10,16H,1-2,4,6H2,(H,19,20,22)/t10-/m0/s1. The molecule has 0 bridgehead atoms. The van der Waals surface area contributed by atoms with Gasteiger partial charge in [0.2, 0.25) is 5.88 Å². The van der Waals surface area contributed by atoms with E-state index in [9.17, 15) is 5.11 Å². The van der Waals surface area contributed by atoms with Crippen molar-refractivity contribution in [1.82, 2.24) is 30.0 Å². The number of rotatable bonds is 3. The molecule has 0 saturated carbocycles. The van der Waals surface area contributed by atoms with Gasteiger partial charge in [0.1, 0.15) is 0 Å². The van der Waals surface area contributed by atoms with Gasteiger partial charge in [-0.15, -0.1) is 0 Å². The lowest BCUT2D eigenvalue weighted by atomic mass is 10.1. The van der Waals surface area contributed by atoms with Crippen molar-refractivity contribution in [2.45, 2.75) is 18.9 Å². The van der Waals surface area contributed by atoms with E-state index >= 15 is 0 Å². The van der Waals surface area contributed by atoms with Crippen LogP contribution in [0.1, 0.15) is 18.9 Å². The molecule has 0 unspecified atom stereocenters. The van der Waals surface area contributed by atoms with Crippen LogP contribution < -0.4 is 10.1 Å². The molecule has 0 aliphatic carbocycles. The minimum atomic E-state index is -0.128. The minimum Gasteiger partial charge on any atom is -0.493 e. The predicted octanol–water partition coefficient (Wildman–Crippen LogP) is 1.64. The van der Waals surface area contributed by atoms with Crippen molar-refractivity contribution in [1.29, 1.82) is 0 Å².